The fourth-order valence-electron chi connectivity index (χ4n) is 2.70. The fraction of sp³-hybridized carbons (Fsp3) is 0.0500. The van der Waals surface area contributed by atoms with Crippen molar-refractivity contribution in [3.8, 4) is 11.3 Å². The number of benzene rings is 2. The van der Waals surface area contributed by atoms with Crippen molar-refractivity contribution in [2.75, 3.05) is 0 Å². The molecule has 3 nitrogen and oxygen atoms in total. The largest absolute Gasteiger partial charge is 0.244 e. The van der Waals surface area contributed by atoms with Gasteiger partial charge in [-0.15, -0.1) is 0 Å². The molecular weight excluding hydrogens is 381 g/mol. The Morgan fingerprint density at radius 3 is 2.36 bits per heavy atom. The van der Waals surface area contributed by atoms with Gasteiger partial charge in [-0.2, -0.15) is 0 Å². The average molecular weight is 394 g/mol. The molecule has 0 N–H and O–H groups in total. The summed E-state index contributed by atoms with van der Waals surface area (Å²) in [6.45, 7) is 0. The molecule has 2 heterocycles. The van der Waals surface area contributed by atoms with Gasteiger partial charge in [0.25, 0.3) is 0 Å². The molecule has 0 amide bonds. The average Bonchev–Trinajstić information content (AvgIpc) is 2.64. The first kappa shape index (κ1) is 15.8. The zero-order chi connectivity index (χ0) is 17.2. The maximum atomic E-state index is 13.1. The first-order chi connectivity index (χ1) is 12.2. The van der Waals surface area contributed by atoms with Crippen LogP contribution >= 0.6 is 15.9 Å². The van der Waals surface area contributed by atoms with E-state index in [9.17, 15) is 4.39 Å². The quantitative estimate of drug-likeness (QED) is 0.480. The lowest BCUT2D eigenvalue weighted by molar-refractivity contribution is 0.628. The third kappa shape index (κ3) is 3.42. The van der Waals surface area contributed by atoms with Gasteiger partial charge in [-0.25, -0.2) is 19.3 Å². The second-order valence-electron chi connectivity index (χ2n) is 5.69. The van der Waals surface area contributed by atoms with Crippen LogP contribution in [0, 0.1) is 5.82 Å². The van der Waals surface area contributed by atoms with Crippen LogP contribution in [0.2, 0.25) is 0 Å². The zero-order valence-electron chi connectivity index (χ0n) is 13.2. The summed E-state index contributed by atoms with van der Waals surface area (Å²) in [5.41, 5.74) is 5.23. The van der Waals surface area contributed by atoms with E-state index in [0.29, 0.717) is 6.42 Å². The Bertz CT molecular complexity index is 1030. The van der Waals surface area contributed by atoms with Gasteiger partial charge in [0.2, 0.25) is 0 Å². The van der Waals surface area contributed by atoms with Gasteiger partial charge in [0.15, 0.2) is 0 Å². The summed E-state index contributed by atoms with van der Waals surface area (Å²) in [5, 5.41) is 0. The van der Waals surface area contributed by atoms with E-state index in [1.807, 2.05) is 24.3 Å². The van der Waals surface area contributed by atoms with Gasteiger partial charge in [0.1, 0.15) is 17.7 Å². The molecule has 0 spiro atoms. The first-order valence-electron chi connectivity index (χ1n) is 7.80. The second kappa shape index (κ2) is 6.69. The van der Waals surface area contributed by atoms with E-state index in [2.05, 4.69) is 38.0 Å². The minimum absolute atomic E-state index is 0.260. The summed E-state index contributed by atoms with van der Waals surface area (Å²) < 4.78 is 14.2. The number of rotatable bonds is 3. The minimum Gasteiger partial charge on any atom is -0.244 e. The summed E-state index contributed by atoms with van der Waals surface area (Å²) in [4.78, 5) is 13.5. The number of halogens is 2. The van der Waals surface area contributed by atoms with Gasteiger partial charge in [-0.05, 0) is 54.1 Å². The smallest absolute Gasteiger partial charge is 0.123 e. The number of aromatic nitrogens is 3. The van der Waals surface area contributed by atoms with Crippen LogP contribution in [-0.2, 0) is 6.42 Å². The molecule has 0 aliphatic carbocycles. The molecule has 0 saturated heterocycles. The van der Waals surface area contributed by atoms with Gasteiger partial charge in [0.05, 0.1) is 16.9 Å². The van der Waals surface area contributed by atoms with Crippen molar-refractivity contribution in [1.82, 2.24) is 15.0 Å². The van der Waals surface area contributed by atoms with E-state index < -0.39 is 0 Å². The van der Waals surface area contributed by atoms with E-state index in [4.69, 9.17) is 4.98 Å². The lowest BCUT2D eigenvalue weighted by Gasteiger charge is -2.07. The highest BCUT2D eigenvalue weighted by molar-refractivity contribution is 9.10. The molecule has 2 aromatic carbocycles. The molecule has 0 aliphatic rings. The van der Waals surface area contributed by atoms with Crippen LogP contribution < -0.4 is 0 Å². The molecule has 5 heteroatoms. The van der Waals surface area contributed by atoms with Crippen molar-refractivity contribution < 1.29 is 4.39 Å². The molecule has 4 rings (SSSR count). The van der Waals surface area contributed by atoms with Crippen LogP contribution in [0.4, 0.5) is 4.39 Å². The lowest BCUT2D eigenvalue weighted by Crippen LogP contribution is -1.98. The first-order valence-corrected chi connectivity index (χ1v) is 8.59. The van der Waals surface area contributed by atoms with E-state index in [0.717, 1.165) is 38.0 Å². The number of fused-ring (bicyclic) bond motifs is 1. The molecule has 25 heavy (non-hydrogen) atoms. The Hall–Kier alpha value is -2.66. The van der Waals surface area contributed by atoms with E-state index >= 15 is 0 Å². The molecule has 0 aliphatic heterocycles. The minimum atomic E-state index is -0.260. The van der Waals surface area contributed by atoms with Gasteiger partial charge < -0.3 is 0 Å². The molecule has 4 aromatic rings. The van der Waals surface area contributed by atoms with Crippen molar-refractivity contribution in [3.63, 3.8) is 0 Å². The van der Waals surface area contributed by atoms with Gasteiger partial charge >= 0.3 is 0 Å². The van der Waals surface area contributed by atoms with Crippen LogP contribution in [0.5, 0.6) is 0 Å². The summed E-state index contributed by atoms with van der Waals surface area (Å²) >= 11 is 3.45. The van der Waals surface area contributed by atoms with Crippen molar-refractivity contribution in [1.29, 1.82) is 0 Å². The SMILES string of the molecule is Fc1ccc(-c2ccc3ncnc(Cc4ccc(Br)cc4)c3n2)cc1. The molecule has 2 aromatic heterocycles. The Morgan fingerprint density at radius 2 is 1.60 bits per heavy atom. The third-order valence-corrected chi connectivity index (χ3v) is 4.51. The van der Waals surface area contributed by atoms with Crippen LogP contribution in [-0.4, -0.2) is 15.0 Å². The summed E-state index contributed by atoms with van der Waals surface area (Å²) in [5.74, 6) is -0.260. The van der Waals surface area contributed by atoms with Crippen molar-refractivity contribution >= 4 is 27.0 Å². The second-order valence-corrected chi connectivity index (χ2v) is 6.61. The number of nitrogens with zero attached hydrogens (tertiary/aromatic N) is 3. The highest BCUT2D eigenvalue weighted by Gasteiger charge is 2.09. The number of hydrogen-bond donors (Lipinski definition) is 0. The van der Waals surface area contributed by atoms with Crippen molar-refractivity contribution in [2.45, 2.75) is 6.42 Å². The van der Waals surface area contributed by atoms with Crippen LogP contribution in [0.15, 0.2) is 71.5 Å². The number of hydrogen-bond acceptors (Lipinski definition) is 3. The molecule has 0 radical (unpaired) electrons. The molecular formula is C20H13BrFN3. The highest BCUT2D eigenvalue weighted by atomic mass is 79.9. The number of pyridine rings is 1. The summed E-state index contributed by atoms with van der Waals surface area (Å²) in [6.07, 6.45) is 2.24. The maximum Gasteiger partial charge on any atom is 0.123 e. The van der Waals surface area contributed by atoms with Crippen molar-refractivity contribution in [2.24, 2.45) is 0 Å². The molecule has 0 bridgehead atoms. The van der Waals surface area contributed by atoms with Gasteiger partial charge in [0, 0.05) is 16.5 Å². The predicted molar refractivity (Wildman–Crippen MR) is 99.7 cm³/mol. The Morgan fingerprint density at radius 1 is 0.840 bits per heavy atom. The third-order valence-electron chi connectivity index (χ3n) is 3.98. The standard InChI is InChI=1S/C20H13BrFN3/c21-15-5-1-13(2-6-15)11-19-20-18(23-12-24-19)10-9-17(25-20)14-3-7-16(22)8-4-14/h1-10,12H,11H2. The predicted octanol–water partition coefficient (Wildman–Crippen LogP) is 5.18. The molecule has 0 saturated carbocycles. The van der Waals surface area contributed by atoms with Crippen LogP contribution in [0.3, 0.4) is 0 Å². The zero-order valence-corrected chi connectivity index (χ0v) is 14.7. The Labute approximate surface area is 152 Å². The summed E-state index contributed by atoms with van der Waals surface area (Å²) in [6, 6.07) is 18.3. The fourth-order valence-corrected chi connectivity index (χ4v) is 2.96. The van der Waals surface area contributed by atoms with E-state index in [1.54, 1.807) is 18.5 Å². The molecule has 0 fully saturated rings. The van der Waals surface area contributed by atoms with Gasteiger partial charge in [-0.3, -0.25) is 0 Å². The van der Waals surface area contributed by atoms with E-state index in [-0.39, 0.29) is 5.82 Å². The van der Waals surface area contributed by atoms with Crippen LogP contribution in [0.1, 0.15) is 11.3 Å². The topological polar surface area (TPSA) is 38.7 Å². The normalized spacial score (nSPS) is 11.0. The van der Waals surface area contributed by atoms with Crippen molar-refractivity contribution in [3.05, 3.63) is 88.5 Å². The maximum absolute atomic E-state index is 13.1. The Balaban J connectivity index is 1.77. The van der Waals surface area contributed by atoms with Crippen LogP contribution in [0.25, 0.3) is 22.3 Å². The summed E-state index contributed by atoms with van der Waals surface area (Å²) in [7, 11) is 0. The molecule has 0 atom stereocenters. The molecule has 122 valence electrons. The van der Waals surface area contributed by atoms with Gasteiger partial charge in [-0.1, -0.05) is 28.1 Å². The highest BCUT2D eigenvalue weighted by Crippen LogP contribution is 2.23. The Kier molecular flexibility index (Phi) is 4.24. The monoisotopic (exact) mass is 393 g/mol. The lowest BCUT2D eigenvalue weighted by atomic mass is 10.1. The van der Waals surface area contributed by atoms with E-state index in [1.165, 1.54) is 12.1 Å². The molecule has 0 unspecified atom stereocenters.